The predicted molar refractivity (Wildman–Crippen MR) is 63.3 cm³/mol. The van der Waals surface area contributed by atoms with Crippen molar-refractivity contribution in [2.24, 2.45) is 5.73 Å². The van der Waals surface area contributed by atoms with Crippen molar-refractivity contribution >= 4 is 32.7 Å². The van der Waals surface area contributed by atoms with Crippen molar-refractivity contribution < 1.29 is 9.90 Å². The zero-order valence-electron chi connectivity index (χ0n) is 8.38. The molecule has 0 fully saturated rings. The molecular formula is C10H11N3O2S. The fourth-order valence-corrected chi connectivity index (χ4v) is 2.25. The van der Waals surface area contributed by atoms with Crippen LogP contribution >= 0.6 is 11.3 Å². The number of aliphatic carboxylic acids is 1. The van der Waals surface area contributed by atoms with Gasteiger partial charge in [-0.25, -0.2) is 4.98 Å². The predicted octanol–water partition coefficient (Wildman–Crippen LogP) is 0.833. The lowest BCUT2D eigenvalue weighted by molar-refractivity contribution is -0.138. The zero-order valence-corrected chi connectivity index (χ0v) is 9.20. The van der Waals surface area contributed by atoms with Gasteiger partial charge >= 0.3 is 5.97 Å². The molecule has 6 heteroatoms. The molecule has 5 N–H and O–H groups in total. The van der Waals surface area contributed by atoms with Gasteiger partial charge in [-0.1, -0.05) is 17.4 Å². The van der Waals surface area contributed by atoms with E-state index in [2.05, 4.69) is 4.98 Å². The maximum Gasteiger partial charge on any atom is 0.320 e. The summed E-state index contributed by atoms with van der Waals surface area (Å²) in [7, 11) is 0. The lowest BCUT2D eigenvalue weighted by atomic mass is 10.1. The van der Waals surface area contributed by atoms with Crippen molar-refractivity contribution in [3.63, 3.8) is 0 Å². The van der Waals surface area contributed by atoms with E-state index in [0.29, 0.717) is 11.6 Å². The number of anilines is 1. The fraction of sp³-hybridized carbons (Fsp3) is 0.200. The van der Waals surface area contributed by atoms with Crippen molar-refractivity contribution in [1.82, 2.24) is 4.98 Å². The summed E-state index contributed by atoms with van der Waals surface area (Å²) < 4.78 is 0.951. The smallest absolute Gasteiger partial charge is 0.320 e. The van der Waals surface area contributed by atoms with Crippen LogP contribution in [0.1, 0.15) is 5.56 Å². The third kappa shape index (κ3) is 2.12. The molecule has 0 aliphatic carbocycles. The SMILES string of the molecule is Nc1nc2ccc(CC(N)C(=O)O)cc2s1. The average molecular weight is 237 g/mol. The van der Waals surface area contributed by atoms with Gasteiger partial charge in [-0.3, -0.25) is 4.79 Å². The summed E-state index contributed by atoms with van der Waals surface area (Å²) in [6.45, 7) is 0. The zero-order chi connectivity index (χ0) is 11.7. The second-order valence-corrected chi connectivity index (χ2v) is 4.57. The Hall–Kier alpha value is -1.66. The first-order valence-electron chi connectivity index (χ1n) is 4.69. The van der Waals surface area contributed by atoms with Crippen LogP contribution in [0.25, 0.3) is 10.2 Å². The van der Waals surface area contributed by atoms with Gasteiger partial charge in [-0.2, -0.15) is 0 Å². The summed E-state index contributed by atoms with van der Waals surface area (Å²) in [5.41, 5.74) is 12.7. The standard InChI is InChI=1S/C10H11N3O2S/c11-6(9(14)15)3-5-1-2-7-8(4-5)16-10(12)13-7/h1-2,4,6H,3,11H2,(H2,12,13)(H,14,15). The molecule has 2 rings (SSSR count). The van der Waals surface area contributed by atoms with Crippen LogP contribution in [0, 0.1) is 0 Å². The average Bonchev–Trinajstić information content (AvgIpc) is 2.57. The second kappa shape index (κ2) is 4.07. The van der Waals surface area contributed by atoms with E-state index < -0.39 is 12.0 Å². The van der Waals surface area contributed by atoms with Crippen molar-refractivity contribution in [2.75, 3.05) is 5.73 Å². The number of fused-ring (bicyclic) bond motifs is 1. The molecule has 0 bridgehead atoms. The number of carbonyl (C=O) groups is 1. The Morgan fingerprint density at radius 1 is 1.56 bits per heavy atom. The van der Waals surface area contributed by atoms with Crippen LogP contribution in [-0.2, 0) is 11.2 Å². The van der Waals surface area contributed by atoms with Gasteiger partial charge in [0.15, 0.2) is 5.13 Å². The molecule has 0 aliphatic rings. The Balaban J connectivity index is 2.28. The van der Waals surface area contributed by atoms with E-state index in [1.165, 1.54) is 11.3 Å². The van der Waals surface area contributed by atoms with Crippen LogP contribution in [0.4, 0.5) is 5.13 Å². The van der Waals surface area contributed by atoms with E-state index in [4.69, 9.17) is 16.6 Å². The van der Waals surface area contributed by atoms with E-state index in [0.717, 1.165) is 15.8 Å². The van der Waals surface area contributed by atoms with Crippen LogP contribution in [0.2, 0.25) is 0 Å². The summed E-state index contributed by atoms with van der Waals surface area (Å²) in [5, 5.41) is 9.21. The third-order valence-electron chi connectivity index (χ3n) is 2.24. The van der Waals surface area contributed by atoms with Crippen LogP contribution < -0.4 is 11.5 Å². The van der Waals surface area contributed by atoms with E-state index in [1.54, 1.807) is 0 Å². The Morgan fingerprint density at radius 2 is 2.31 bits per heavy atom. The van der Waals surface area contributed by atoms with E-state index >= 15 is 0 Å². The fourth-order valence-electron chi connectivity index (χ4n) is 1.46. The molecule has 1 unspecified atom stereocenters. The molecule has 1 heterocycles. The number of nitrogen functional groups attached to an aromatic ring is 1. The minimum absolute atomic E-state index is 0.309. The number of nitrogens with zero attached hydrogens (tertiary/aromatic N) is 1. The Bertz CT molecular complexity index is 538. The van der Waals surface area contributed by atoms with Crippen molar-refractivity contribution in [1.29, 1.82) is 0 Å². The summed E-state index contributed by atoms with van der Waals surface area (Å²) >= 11 is 1.38. The minimum atomic E-state index is -0.996. The number of carboxylic acids is 1. The highest BCUT2D eigenvalue weighted by Gasteiger charge is 2.12. The van der Waals surface area contributed by atoms with Crippen molar-refractivity contribution in [3.8, 4) is 0 Å². The van der Waals surface area contributed by atoms with Crippen LogP contribution in [-0.4, -0.2) is 22.1 Å². The number of rotatable bonds is 3. The molecular weight excluding hydrogens is 226 g/mol. The quantitative estimate of drug-likeness (QED) is 0.733. The third-order valence-corrected chi connectivity index (χ3v) is 3.09. The molecule has 5 nitrogen and oxygen atoms in total. The Morgan fingerprint density at radius 3 is 3.00 bits per heavy atom. The molecule has 1 aromatic heterocycles. The molecule has 0 saturated heterocycles. The van der Waals surface area contributed by atoms with Crippen LogP contribution in [0.5, 0.6) is 0 Å². The van der Waals surface area contributed by atoms with Crippen LogP contribution in [0.3, 0.4) is 0 Å². The van der Waals surface area contributed by atoms with E-state index in [-0.39, 0.29) is 0 Å². The largest absolute Gasteiger partial charge is 0.480 e. The second-order valence-electron chi connectivity index (χ2n) is 3.50. The molecule has 1 atom stereocenters. The normalized spacial score (nSPS) is 12.8. The van der Waals surface area contributed by atoms with Gasteiger partial charge in [0.05, 0.1) is 10.2 Å². The number of aromatic nitrogens is 1. The molecule has 2 aromatic rings. The van der Waals surface area contributed by atoms with Gasteiger partial charge in [-0.15, -0.1) is 0 Å². The Kier molecular flexibility index (Phi) is 2.76. The number of hydrogen-bond donors (Lipinski definition) is 3. The molecule has 0 spiro atoms. The van der Waals surface area contributed by atoms with Crippen LogP contribution in [0.15, 0.2) is 18.2 Å². The molecule has 84 valence electrons. The first kappa shape index (κ1) is 10.8. The first-order chi connectivity index (χ1) is 7.56. The van der Waals surface area contributed by atoms with Crippen molar-refractivity contribution in [2.45, 2.75) is 12.5 Å². The molecule has 1 aromatic carbocycles. The maximum atomic E-state index is 10.6. The molecule has 0 saturated carbocycles. The highest BCUT2D eigenvalue weighted by atomic mass is 32.1. The van der Waals surface area contributed by atoms with Crippen molar-refractivity contribution in [3.05, 3.63) is 23.8 Å². The molecule has 0 radical (unpaired) electrons. The van der Waals surface area contributed by atoms with Gasteiger partial charge < -0.3 is 16.6 Å². The number of carboxylic acid groups (broad SMARTS) is 1. The van der Waals surface area contributed by atoms with Gasteiger partial charge in [0.25, 0.3) is 0 Å². The van der Waals surface area contributed by atoms with E-state index in [9.17, 15) is 4.79 Å². The summed E-state index contributed by atoms with van der Waals surface area (Å²) in [6, 6.07) is 4.66. The minimum Gasteiger partial charge on any atom is -0.480 e. The molecule has 0 aliphatic heterocycles. The number of nitrogens with two attached hydrogens (primary N) is 2. The van der Waals surface area contributed by atoms with Gasteiger partial charge in [0.2, 0.25) is 0 Å². The molecule has 16 heavy (non-hydrogen) atoms. The number of benzene rings is 1. The van der Waals surface area contributed by atoms with Gasteiger partial charge in [0, 0.05) is 0 Å². The lowest BCUT2D eigenvalue weighted by Crippen LogP contribution is -2.32. The topological polar surface area (TPSA) is 102 Å². The maximum absolute atomic E-state index is 10.6. The summed E-state index contributed by atoms with van der Waals surface area (Å²) in [5.74, 6) is -0.996. The van der Waals surface area contributed by atoms with Gasteiger partial charge in [0.1, 0.15) is 6.04 Å². The monoisotopic (exact) mass is 237 g/mol. The van der Waals surface area contributed by atoms with Gasteiger partial charge in [-0.05, 0) is 24.1 Å². The van der Waals surface area contributed by atoms with E-state index in [1.807, 2.05) is 18.2 Å². The summed E-state index contributed by atoms with van der Waals surface area (Å²) in [6.07, 6.45) is 0.309. The highest BCUT2D eigenvalue weighted by Crippen LogP contribution is 2.24. The Labute approximate surface area is 95.7 Å². The first-order valence-corrected chi connectivity index (χ1v) is 5.51. The highest BCUT2D eigenvalue weighted by molar-refractivity contribution is 7.22. The number of hydrogen-bond acceptors (Lipinski definition) is 5. The lowest BCUT2D eigenvalue weighted by Gasteiger charge is -2.05. The summed E-state index contributed by atoms with van der Waals surface area (Å²) in [4.78, 5) is 14.7. The molecule has 0 amide bonds. The number of thiazole rings is 1.